The molecule has 43 heavy (non-hydrogen) atoms. The van der Waals surface area contributed by atoms with Crippen LogP contribution in [-0.2, 0) is 28.5 Å². The van der Waals surface area contributed by atoms with Gasteiger partial charge in [-0.1, -0.05) is 50.2 Å². The van der Waals surface area contributed by atoms with Crippen molar-refractivity contribution in [1.82, 2.24) is 20.4 Å². The molecule has 0 aliphatic carbocycles. The van der Waals surface area contributed by atoms with Gasteiger partial charge in [-0.05, 0) is 45.4 Å². The van der Waals surface area contributed by atoms with E-state index < -0.39 is 60.9 Å². The molecule has 3 rings (SSSR count). The quantitative estimate of drug-likeness (QED) is 0.271. The Labute approximate surface area is 252 Å². The Morgan fingerprint density at radius 2 is 1.79 bits per heavy atom. The number of carbonyl (C=O) groups excluding carboxylic acids is 4. The van der Waals surface area contributed by atoms with Gasteiger partial charge in [-0.3, -0.25) is 24.0 Å². The molecular formula is C30H41BN4O8. The summed E-state index contributed by atoms with van der Waals surface area (Å²) in [4.78, 5) is 58.3. The number of amides is 2. The lowest BCUT2D eigenvalue weighted by Crippen LogP contribution is -2.64. The SMILES string of the molecule is COC(=O)[C@@H]1COC[C@H](C)C(=O)OB([C@H](CC(C)C)NC(=O)[C@@H](NC(=O)c2cccc(-c3ccccc3)n2)[C@@H](C)O)N1C. The molecule has 1 aliphatic heterocycles. The number of rotatable bonds is 10. The Morgan fingerprint density at radius 1 is 1.09 bits per heavy atom. The molecule has 0 unspecified atom stereocenters. The maximum absolute atomic E-state index is 13.6. The number of aromatic nitrogens is 1. The number of nitrogens with zero attached hydrogens (tertiary/aromatic N) is 2. The molecule has 1 aliphatic rings. The van der Waals surface area contributed by atoms with E-state index in [0.717, 1.165) is 5.56 Å². The van der Waals surface area contributed by atoms with Gasteiger partial charge in [0.15, 0.2) is 0 Å². The third-order valence-electron chi connectivity index (χ3n) is 7.15. The number of nitrogens with one attached hydrogen (secondary N) is 2. The van der Waals surface area contributed by atoms with Crippen LogP contribution in [0.3, 0.4) is 0 Å². The highest BCUT2D eigenvalue weighted by Gasteiger charge is 2.45. The Hall–Kier alpha value is -3.81. The molecule has 12 nitrogen and oxygen atoms in total. The number of hydrogen-bond donors (Lipinski definition) is 3. The van der Waals surface area contributed by atoms with Crippen LogP contribution >= 0.6 is 0 Å². The molecule has 1 aromatic heterocycles. The third kappa shape index (κ3) is 9.09. The van der Waals surface area contributed by atoms with Crippen LogP contribution in [0.15, 0.2) is 48.5 Å². The number of aliphatic hydroxyl groups is 1. The van der Waals surface area contributed by atoms with Crippen molar-refractivity contribution in [2.24, 2.45) is 11.8 Å². The van der Waals surface area contributed by atoms with Gasteiger partial charge in [0.1, 0.15) is 17.8 Å². The number of carbonyl (C=O) groups is 4. The zero-order valence-electron chi connectivity index (χ0n) is 25.5. The number of benzene rings is 1. The summed E-state index contributed by atoms with van der Waals surface area (Å²) in [6.45, 7) is 6.88. The van der Waals surface area contributed by atoms with E-state index in [1.807, 2.05) is 44.2 Å². The first kappa shape index (κ1) is 33.7. The zero-order chi connectivity index (χ0) is 31.7. The minimum Gasteiger partial charge on any atom is -0.518 e. The molecule has 1 saturated heterocycles. The van der Waals surface area contributed by atoms with Gasteiger partial charge in [0.2, 0.25) is 5.91 Å². The largest absolute Gasteiger partial charge is 0.518 e. The van der Waals surface area contributed by atoms with E-state index in [1.165, 1.54) is 24.9 Å². The fraction of sp³-hybridized carbons (Fsp3) is 0.500. The topological polar surface area (TPSA) is 156 Å². The first-order valence-electron chi connectivity index (χ1n) is 14.3. The van der Waals surface area contributed by atoms with E-state index in [2.05, 4.69) is 15.6 Å². The summed E-state index contributed by atoms with van der Waals surface area (Å²) in [6.07, 6.45) is -0.934. The first-order chi connectivity index (χ1) is 20.4. The Balaban J connectivity index is 1.87. The summed E-state index contributed by atoms with van der Waals surface area (Å²) in [5.74, 6) is -3.91. The van der Waals surface area contributed by atoms with Crippen molar-refractivity contribution in [2.45, 2.75) is 58.2 Å². The fourth-order valence-electron chi connectivity index (χ4n) is 4.75. The van der Waals surface area contributed by atoms with Crippen LogP contribution in [-0.4, -0.2) is 97.2 Å². The van der Waals surface area contributed by atoms with E-state index >= 15 is 0 Å². The lowest BCUT2D eigenvalue weighted by molar-refractivity contribution is -0.147. The number of methoxy groups -OCH3 is 1. The maximum atomic E-state index is 13.6. The third-order valence-corrected chi connectivity index (χ3v) is 7.15. The predicted molar refractivity (Wildman–Crippen MR) is 159 cm³/mol. The molecule has 2 heterocycles. The number of aliphatic hydroxyl groups excluding tert-OH is 1. The standard InChI is InChI=1S/C30H41BN4O8/c1-18(2)15-25(31-35(5)24(30(40)41-6)17-42-16-19(3)29(39)43-31)33-28(38)26(20(4)36)34-27(37)23-14-10-13-22(32-23)21-11-8-7-9-12-21/h7-14,18-20,24-26,36H,15-17H2,1-6H3,(H,33,38)(H,34,37)/t19-,20+,24-,25-,26-/m0/s1. The zero-order valence-corrected chi connectivity index (χ0v) is 25.5. The summed E-state index contributed by atoms with van der Waals surface area (Å²) in [6, 6.07) is 12.0. The van der Waals surface area contributed by atoms with Gasteiger partial charge in [0, 0.05) is 5.56 Å². The van der Waals surface area contributed by atoms with E-state index in [1.54, 1.807) is 26.1 Å². The fourth-order valence-corrected chi connectivity index (χ4v) is 4.75. The van der Waals surface area contributed by atoms with Crippen molar-refractivity contribution in [3.05, 3.63) is 54.2 Å². The van der Waals surface area contributed by atoms with Crippen LogP contribution in [0.5, 0.6) is 0 Å². The molecule has 1 aromatic carbocycles. The van der Waals surface area contributed by atoms with Crippen LogP contribution in [0, 0.1) is 11.8 Å². The molecule has 2 amide bonds. The lowest BCUT2D eigenvalue weighted by Gasteiger charge is -2.35. The lowest BCUT2D eigenvalue weighted by atomic mass is 9.66. The number of ether oxygens (including phenoxy) is 2. The second-order valence-electron chi connectivity index (χ2n) is 11.2. The summed E-state index contributed by atoms with van der Waals surface area (Å²) in [5.41, 5.74) is 1.46. The Bertz CT molecular complexity index is 1260. The van der Waals surface area contributed by atoms with Crippen molar-refractivity contribution in [3.8, 4) is 11.3 Å². The molecule has 232 valence electrons. The second kappa shape index (κ2) is 15.6. The molecule has 13 heteroatoms. The van der Waals surface area contributed by atoms with E-state index in [0.29, 0.717) is 12.1 Å². The molecule has 2 aromatic rings. The highest BCUT2D eigenvalue weighted by atomic mass is 16.5. The average molecular weight is 596 g/mol. The number of esters is 1. The van der Waals surface area contributed by atoms with Gasteiger partial charge in [-0.15, -0.1) is 0 Å². The molecule has 3 N–H and O–H groups in total. The van der Waals surface area contributed by atoms with Crippen molar-refractivity contribution >= 4 is 30.8 Å². The summed E-state index contributed by atoms with van der Waals surface area (Å²) in [5, 5.41) is 16.0. The van der Waals surface area contributed by atoms with Crippen LogP contribution in [0.25, 0.3) is 11.3 Å². The smallest absolute Gasteiger partial charge is 0.475 e. The molecule has 0 bridgehead atoms. The Morgan fingerprint density at radius 3 is 2.42 bits per heavy atom. The molecule has 0 saturated carbocycles. The highest BCUT2D eigenvalue weighted by Crippen LogP contribution is 2.19. The summed E-state index contributed by atoms with van der Waals surface area (Å²) < 4.78 is 16.4. The van der Waals surface area contributed by atoms with Crippen LogP contribution in [0.2, 0.25) is 0 Å². The van der Waals surface area contributed by atoms with Gasteiger partial charge in [0.05, 0.1) is 44.0 Å². The summed E-state index contributed by atoms with van der Waals surface area (Å²) in [7, 11) is 1.75. The van der Waals surface area contributed by atoms with Crippen LogP contribution in [0.4, 0.5) is 0 Å². The molecule has 1 fully saturated rings. The Kier molecular flexibility index (Phi) is 12.2. The van der Waals surface area contributed by atoms with Gasteiger partial charge in [0.25, 0.3) is 11.9 Å². The first-order valence-corrected chi connectivity index (χ1v) is 14.3. The van der Waals surface area contributed by atoms with Gasteiger partial charge < -0.3 is 29.9 Å². The maximum Gasteiger partial charge on any atom is 0.475 e. The van der Waals surface area contributed by atoms with E-state index in [9.17, 15) is 24.3 Å². The molecule has 0 radical (unpaired) electrons. The van der Waals surface area contributed by atoms with Crippen molar-refractivity contribution in [2.75, 3.05) is 27.4 Å². The van der Waals surface area contributed by atoms with E-state index in [-0.39, 0.29) is 24.8 Å². The predicted octanol–water partition coefficient (Wildman–Crippen LogP) is 1.47. The van der Waals surface area contributed by atoms with Crippen molar-refractivity contribution < 1.29 is 38.4 Å². The molecular weight excluding hydrogens is 555 g/mol. The minimum atomic E-state index is -1.36. The summed E-state index contributed by atoms with van der Waals surface area (Å²) >= 11 is 0. The normalized spacial score (nSPS) is 20.1. The van der Waals surface area contributed by atoms with Crippen LogP contribution in [0.1, 0.15) is 44.6 Å². The van der Waals surface area contributed by atoms with E-state index in [4.69, 9.17) is 14.1 Å². The van der Waals surface area contributed by atoms with Gasteiger partial charge >= 0.3 is 13.0 Å². The second-order valence-corrected chi connectivity index (χ2v) is 11.2. The highest BCUT2D eigenvalue weighted by molar-refractivity contribution is 6.53. The monoisotopic (exact) mass is 596 g/mol. The van der Waals surface area contributed by atoms with Crippen molar-refractivity contribution in [1.29, 1.82) is 0 Å². The van der Waals surface area contributed by atoms with Gasteiger partial charge in [-0.25, -0.2) is 4.98 Å². The minimum absolute atomic E-state index is 0.0276. The number of likely N-dealkylation sites (N-methyl/N-ethyl adjacent to an activating group) is 1. The van der Waals surface area contributed by atoms with Crippen LogP contribution < -0.4 is 10.6 Å². The van der Waals surface area contributed by atoms with Gasteiger partial charge in [-0.2, -0.15) is 0 Å². The number of pyridine rings is 1. The average Bonchev–Trinajstić information content (AvgIpc) is 3.04. The molecule has 0 spiro atoms. The van der Waals surface area contributed by atoms with Crippen molar-refractivity contribution in [3.63, 3.8) is 0 Å². The number of hydrogen-bond acceptors (Lipinski definition) is 10. The molecule has 5 atom stereocenters.